The van der Waals surface area contributed by atoms with Crippen molar-refractivity contribution in [3.63, 3.8) is 0 Å². The van der Waals surface area contributed by atoms with Crippen LogP contribution in [0.1, 0.15) is 33.4 Å². The lowest BCUT2D eigenvalue weighted by atomic mass is 9.97. The highest BCUT2D eigenvalue weighted by Gasteiger charge is 2.20. The summed E-state index contributed by atoms with van der Waals surface area (Å²) in [5, 5.41) is 13.8. The number of aryl methyl sites for hydroxylation is 1. The minimum atomic E-state index is 0.641. The summed E-state index contributed by atoms with van der Waals surface area (Å²) in [6, 6.07) is 29.7. The van der Waals surface area contributed by atoms with Crippen LogP contribution in [0.3, 0.4) is 0 Å². The summed E-state index contributed by atoms with van der Waals surface area (Å²) >= 11 is 0. The molecule has 33 heavy (non-hydrogen) atoms. The average Bonchev–Trinajstić information content (AvgIpc) is 3.22. The maximum atomic E-state index is 10.1. The van der Waals surface area contributed by atoms with E-state index in [0.29, 0.717) is 11.2 Å². The second kappa shape index (κ2) is 8.80. The molecule has 3 aromatic carbocycles. The maximum absolute atomic E-state index is 10.1. The molecule has 162 valence electrons. The van der Waals surface area contributed by atoms with Gasteiger partial charge in [0.2, 0.25) is 0 Å². The van der Waals surface area contributed by atoms with Crippen molar-refractivity contribution in [3.05, 3.63) is 112 Å². The van der Waals surface area contributed by atoms with Gasteiger partial charge < -0.3 is 5.32 Å². The summed E-state index contributed by atoms with van der Waals surface area (Å²) in [5.74, 6) is 1.02. The molecule has 0 fully saturated rings. The van der Waals surface area contributed by atoms with Gasteiger partial charge in [-0.05, 0) is 49.1 Å². The molecule has 5 aromatic rings. The fourth-order valence-electron chi connectivity index (χ4n) is 4.47. The second-order valence-corrected chi connectivity index (χ2v) is 8.52. The van der Waals surface area contributed by atoms with Gasteiger partial charge in [0.25, 0.3) is 0 Å². The quantitative estimate of drug-likeness (QED) is 0.348. The molecular weight excluding hydrogens is 404 g/mol. The van der Waals surface area contributed by atoms with Crippen LogP contribution in [-0.2, 0) is 12.8 Å². The number of fused-ring (bicyclic) bond motifs is 3. The number of hydrogen-bond donors (Lipinski definition) is 1. The van der Waals surface area contributed by atoms with E-state index in [-0.39, 0.29) is 0 Å². The Bertz CT molecular complexity index is 1470. The van der Waals surface area contributed by atoms with Crippen LogP contribution in [0.25, 0.3) is 16.7 Å². The van der Waals surface area contributed by atoms with Gasteiger partial charge in [0.1, 0.15) is 11.9 Å². The van der Waals surface area contributed by atoms with E-state index < -0.39 is 0 Å². The summed E-state index contributed by atoms with van der Waals surface area (Å²) in [7, 11) is 0. The summed E-state index contributed by atoms with van der Waals surface area (Å²) in [4.78, 5) is 4.83. The Balaban J connectivity index is 1.67. The van der Waals surface area contributed by atoms with Gasteiger partial charge in [-0.2, -0.15) is 5.26 Å². The molecule has 1 N–H and O–H groups in total. The Hall–Kier alpha value is -4.10. The maximum Gasteiger partial charge on any atom is 0.157 e. The topological polar surface area (TPSA) is 53.1 Å². The third-order valence-corrected chi connectivity index (χ3v) is 6.28. The van der Waals surface area contributed by atoms with Crippen molar-refractivity contribution >= 4 is 22.5 Å². The van der Waals surface area contributed by atoms with Crippen molar-refractivity contribution in [3.8, 4) is 6.07 Å². The normalized spacial score (nSPS) is 11.1. The zero-order valence-electron chi connectivity index (χ0n) is 19.0. The van der Waals surface area contributed by atoms with Gasteiger partial charge in [0.05, 0.1) is 16.6 Å². The fourth-order valence-corrected chi connectivity index (χ4v) is 4.47. The Morgan fingerprint density at radius 2 is 1.61 bits per heavy atom. The van der Waals surface area contributed by atoms with Crippen LogP contribution in [0.5, 0.6) is 0 Å². The molecule has 0 aliphatic carbocycles. The number of benzene rings is 3. The van der Waals surface area contributed by atoms with Crippen molar-refractivity contribution in [2.75, 3.05) is 11.9 Å². The molecule has 5 rings (SSSR count). The number of para-hydroxylation sites is 2. The Kier molecular flexibility index (Phi) is 5.54. The molecule has 2 heterocycles. The van der Waals surface area contributed by atoms with Crippen LogP contribution in [0.4, 0.5) is 5.82 Å². The fraction of sp³-hybridized carbons (Fsp3) is 0.172. The molecule has 4 heteroatoms. The molecule has 0 spiro atoms. The van der Waals surface area contributed by atoms with Crippen LogP contribution < -0.4 is 5.32 Å². The van der Waals surface area contributed by atoms with Crippen molar-refractivity contribution in [2.24, 2.45) is 0 Å². The molecule has 2 aromatic heterocycles. The van der Waals surface area contributed by atoms with Crippen molar-refractivity contribution in [1.29, 1.82) is 5.26 Å². The zero-order chi connectivity index (χ0) is 22.8. The van der Waals surface area contributed by atoms with Crippen LogP contribution in [-0.4, -0.2) is 15.9 Å². The van der Waals surface area contributed by atoms with Gasteiger partial charge in [0, 0.05) is 18.5 Å². The summed E-state index contributed by atoms with van der Waals surface area (Å²) in [5.41, 5.74) is 9.15. The minimum Gasteiger partial charge on any atom is -0.371 e. The van der Waals surface area contributed by atoms with E-state index in [9.17, 15) is 5.26 Å². The predicted molar refractivity (Wildman–Crippen MR) is 135 cm³/mol. The van der Waals surface area contributed by atoms with E-state index in [4.69, 9.17) is 4.98 Å². The number of hydrogen-bond acceptors (Lipinski definition) is 3. The van der Waals surface area contributed by atoms with Crippen LogP contribution in [0, 0.1) is 25.2 Å². The van der Waals surface area contributed by atoms with Crippen molar-refractivity contribution in [2.45, 2.75) is 26.7 Å². The van der Waals surface area contributed by atoms with Gasteiger partial charge in [-0.3, -0.25) is 4.40 Å². The molecule has 0 amide bonds. The van der Waals surface area contributed by atoms with E-state index in [1.807, 2.05) is 31.2 Å². The first kappa shape index (κ1) is 20.8. The number of aromatic nitrogens is 2. The van der Waals surface area contributed by atoms with Crippen molar-refractivity contribution in [1.82, 2.24) is 9.38 Å². The van der Waals surface area contributed by atoms with E-state index in [1.165, 1.54) is 16.7 Å². The number of nitrogens with zero attached hydrogens (tertiary/aromatic N) is 3. The van der Waals surface area contributed by atoms with E-state index in [1.54, 1.807) is 0 Å². The van der Waals surface area contributed by atoms with Crippen molar-refractivity contribution < 1.29 is 0 Å². The molecule has 0 bridgehead atoms. The predicted octanol–water partition coefficient (Wildman–Crippen LogP) is 6.22. The summed E-state index contributed by atoms with van der Waals surface area (Å²) in [6.45, 7) is 4.94. The minimum absolute atomic E-state index is 0.641. The highest BCUT2D eigenvalue weighted by molar-refractivity contribution is 5.86. The smallest absolute Gasteiger partial charge is 0.157 e. The van der Waals surface area contributed by atoms with Gasteiger partial charge in [-0.25, -0.2) is 4.98 Å². The van der Waals surface area contributed by atoms with Gasteiger partial charge in [-0.15, -0.1) is 0 Å². The molecule has 0 aliphatic heterocycles. The highest BCUT2D eigenvalue weighted by Crippen LogP contribution is 2.32. The van der Waals surface area contributed by atoms with E-state index >= 15 is 0 Å². The molecule has 0 unspecified atom stereocenters. The van der Waals surface area contributed by atoms with E-state index in [2.05, 4.69) is 77.3 Å². The number of imidazole rings is 1. The third-order valence-electron chi connectivity index (χ3n) is 6.28. The number of nitriles is 1. The summed E-state index contributed by atoms with van der Waals surface area (Å²) in [6.07, 6.45) is 1.66. The van der Waals surface area contributed by atoms with Crippen LogP contribution >= 0.6 is 0 Å². The number of nitrogens with one attached hydrogen (secondary N) is 1. The van der Waals surface area contributed by atoms with Gasteiger partial charge >= 0.3 is 0 Å². The largest absolute Gasteiger partial charge is 0.371 e. The standard InChI is InChI=1S/C29H26N4/c1-20-12-14-23(15-13-20)18-24-21(2)25(19-30)29-32-26-10-6-7-11-27(26)33(29)28(24)31-17-16-22-8-4-3-5-9-22/h3-15,31H,16-18H2,1-2H3. The number of rotatable bonds is 6. The number of pyridine rings is 1. The third kappa shape index (κ3) is 3.94. The zero-order valence-corrected chi connectivity index (χ0v) is 19.0. The highest BCUT2D eigenvalue weighted by atomic mass is 15.1. The summed E-state index contributed by atoms with van der Waals surface area (Å²) < 4.78 is 2.13. The molecule has 0 aliphatic rings. The number of anilines is 1. The average molecular weight is 431 g/mol. The lowest BCUT2D eigenvalue weighted by molar-refractivity contribution is 0.978. The Morgan fingerprint density at radius 1 is 0.879 bits per heavy atom. The first-order valence-corrected chi connectivity index (χ1v) is 11.3. The molecular formula is C29H26N4. The monoisotopic (exact) mass is 430 g/mol. The SMILES string of the molecule is Cc1ccc(Cc2c(C)c(C#N)c3nc4ccccc4n3c2NCCc2ccccc2)cc1. The molecule has 0 saturated heterocycles. The Morgan fingerprint density at radius 3 is 2.36 bits per heavy atom. The lowest BCUT2D eigenvalue weighted by Crippen LogP contribution is -2.14. The van der Waals surface area contributed by atoms with Crippen LogP contribution in [0.15, 0.2) is 78.9 Å². The lowest BCUT2D eigenvalue weighted by Gasteiger charge is -2.19. The molecule has 0 radical (unpaired) electrons. The van der Waals surface area contributed by atoms with E-state index in [0.717, 1.165) is 47.4 Å². The first-order chi connectivity index (χ1) is 16.2. The van der Waals surface area contributed by atoms with Gasteiger partial charge in [-0.1, -0.05) is 72.3 Å². The molecule has 0 saturated carbocycles. The first-order valence-electron chi connectivity index (χ1n) is 11.3. The van der Waals surface area contributed by atoms with Crippen LogP contribution in [0.2, 0.25) is 0 Å². The Labute approximate surface area is 194 Å². The second-order valence-electron chi connectivity index (χ2n) is 8.52. The molecule has 4 nitrogen and oxygen atoms in total. The molecule has 0 atom stereocenters. The van der Waals surface area contributed by atoms with Gasteiger partial charge in [0.15, 0.2) is 5.65 Å².